The first-order valence-corrected chi connectivity index (χ1v) is 37.5. The monoisotopic (exact) mass is 1360 g/mol. The topological polar surface area (TPSA) is 358 Å². The molecule has 25 nitrogen and oxygen atoms in total. The van der Waals surface area contributed by atoms with Gasteiger partial charge in [0.1, 0.15) is 17.1 Å². The van der Waals surface area contributed by atoms with E-state index in [0.29, 0.717) is 64.5 Å². The van der Waals surface area contributed by atoms with E-state index in [1.165, 1.54) is 79.9 Å². The molecule has 4 aliphatic heterocycles. The number of urea groups is 2. The summed E-state index contributed by atoms with van der Waals surface area (Å²) in [7, 11) is -7.99. The number of nitrogens with one attached hydrogen (secondary N) is 7. The highest BCUT2D eigenvalue weighted by atomic mass is 32.2. The molecule has 0 radical (unpaired) electrons. The summed E-state index contributed by atoms with van der Waals surface area (Å²) in [6.45, 7) is 0.426. The minimum atomic E-state index is -4.18. The van der Waals surface area contributed by atoms with Gasteiger partial charge in [-0.2, -0.15) is 23.5 Å². The number of aryl methyl sites for hydroxylation is 4. The number of carbonyl (C=O) groups is 5. The minimum absolute atomic E-state index is 0.0153. The molecule has 496 valence electrons. The first kappa shape index (κ1) is 66.0. The molecule has 0 bridgehead atoms. The van der Waals surface area contributed by atoms with Gasteiger partial charge in [-0.05, 0) is 184 Å². The Morgan fingerprint density at radius 3 is 1.74 bits per heavy atom. The van der Waals surface area contributed by atoms with Crippen molar-refractivity contribution in [3.05, 3.63) is 129 Å². The number of nitrogens with zero attached hydrogens (tertiary/aromatic N) is 7. The number of hydrogen-bond donors (Lipinski definition) is 8. The third-order valence-electron chi connectivity index (χ3n) is 18.8. The number of fused-ring (bicyclic) bond motifs is 6. The number of ether oxygens (including phenoxy) is 1. The van der Waals surface area contributed by atoms with Gasteiger partial charge in [-0.3, -0.25) is 14.4 Å². The number of unbranched alkanes of at least 4 members (excludes halogenated alkanes) is 2. The van der Waals surface area contributed by atoms with E-state index in [2.05, 4.69) is 69.4 Å². The number of nitriles is 1. The molecule has 4 fully saturated rings. The molecule has 94 heavy (non-hydrogen) atoms. The predicted octanol–water partition coefficient (Wildman–Crippen LogP) is 6.33. The average Bonchev–Trinajstić information content (AvgIpc) is 1.79. The number of nitrogens with two attached hydrogens (primary N) is 1. The van der Waals surface area contributed by atoms with E-state index in [4.69, 9.17) is 15.1 Å². The van der Waals surface area contributed by atoms with Gasteiger partial charge in [0, 0.05) is 58.9 Å². The summed E-state index contributed by atoms with van der Waals surface area (Å²) in [5, 5.41) is 48.5. The zero-order valence-electron chi connectivity index (χ0n) is 52.0. The normalized spacial score (nSPS) is 20.9. The predicted molar refractivity (Wildman–Crippen MR) is 353 cm³/mol. The van der Waals surface area contributed by atoms with Gasteiger partial charge in [0.15, 0.2) is 0 Å². The Bertz CT molecular complexity index is 4090. The first-order chi connectivity index (χ1) is 45.4. The lowest BCUT2D eigenvalue weighted by atomic mass is 9.94. The van der Waals surface area contributed by atoms with Crippen LogP contribution in [0.5, 0.6) is 5.75 Å². The Hall–Kier alpha value is -8.04. The number of hydrogen-bond acceptors (Lipinski definition) is 17. The van der Waals surface area contributed by atoms with Gasteiger partial charge in [-0.15, -0.1) is 15.5 Å². The molecule has 14 rings (SSSR count). The molecule has 4 aliphatic carbocycles. The van der Waals surface area contributed by atoms with Crippen molar-refractivity contribution >= 4 is 79.0 Å². The maximum Gasteiger partial charge on any atom is 0.333 e. The molecule has 29 heteroatoms. The molecule has 0 spiro atoms. The van der Waals surface area contributed by atoms with E-state index < -0.39 is 26.1 Å². The molecule has 6 atom stereocenters. The lowest BCUT2D eigenvalue weighted by molar-refractivity contribution is -0.122. The molecule has 0 unspecified atom stereocenters. The number of sulfonamides is 2. The molecule has 6 aromatic rings. The number of benzene rings is 4. The van der Waals surface area contributed by atoms with Crippen molar-refractivity contribution in [2.75, 3.05) is 16.8 Å². The summed E-state index contributed by atoms with van der Waals surface area (Å²) in [4.78, 5) is 60.6. The van der Waals surface area contributed by atoms with Crippen molar-refractivity contribution in [1.82, 2.24) is 61.3 Å². The Labute approximate surface area is 554 Å². The van der Waals surface area contributed by atoms with E-state index in [0.717, 1.165) is 137 Å². The average molecular weight is 1360 g/mol. The summed E-state index contributed by atoms with van der Waals surface area (Å²) in [6.07, 6.45) is 24.6. The third kappa shape index (κ3) is 15.7. The van der Waals surface area contributed by atoms with Crippen molar-refractivity contribution in [3.8, 4) is 23.4 Å². The Balaban J connectivity index is 0.000000154. The van der Waals surface area contributed by atoms with Gasteiger partial charge in [0.05, 0.1) is 58.7 Å². The highest BCUT2D eigenvalue weighted by Gasteiger charge is 2.44. The summed E-state index contributed by atoms with van der Waals surface area (Å²) < 4.78 is 59.7. The summed E-state index contributed by atoms with van der Waals surface area (Å²) in [6, 6.07) is 16.6. The van der Waals surface area contributed by atoms with Crippen LogP contribution in [0.3, 0.4) is 0 Å². The number of amides is 7. The Kier molecular flexibility index (Phi) is 20.6. The van der Waals surface area contributed by atoms with Crippen LogP contribution in [-0.2, 0) is 98.9 Å². The fourth-order valence-corrected chi connectivity index (χ4v) is 18.9. The number of carbonyl (C=O) groups excluding carboxylic acids is 5. The fraction of sp³-hybridized carbons (Fsp3) is 0.477. The highest BCUT2D eigenvalue weighted by Crippen LogP contribution is 2.43. The van der Waals surface area contributed by atoms with Gasteiger partial charge >= 0.3 is 12.1 Å². The van der Waals surface area contributed by atoms with Crippen LogP contribution in [0.15, 0.2) is 82.8 Å². The van der Waals surface area contributed by atoms with Gasteiger partial charge in [0.2, 0.25) is 27.7 Å². The largest absolute Gasteiger partial charge is 0.387 e. The maximum absolute atomic E-state index is 13.2. The van der Waals surface area contributed by atoms with Crippen LogP contribution in [-0.4, -0.2) is 117 Å². The second-order valence-corrected chi connectivity index (χ2v) is 30.9. The van der Waals surface area contributed by atoms with Gasteiger partial charge < -0.3 is 36.6 Å². The molecule has 0 saturated carbocycles. The van der Waals surface area contributed by atoms with E-state index in [1.807, 2.05) is 29.8 Å². The van der Waals surface area contributed by atoms with Crippen molar-refractivity contribution in [3.63, 3.8) is 0 Å². The van der Waals surface area contributed by atoms with Crippen LogP contribution < -0.4 is 46.5 Å². The lowest BCUT2D eigenvalue weighted by Gasteiger charge is -2.16. The third-order valence-corrected chi connectivity index (χ3v) is 24.1. The molecule has 4 saturated heterocycles. The zero-order chi connectivity index (χ0) is 65.5. The van der Waals surface area contributed by atoms with E-state index in [-0.39, 0.29) is 58.7 Å². The Morgan fingerprint density at radius 1 is 0.649 bits per heavy atom. The van der Waals surface area contributed by atoms with Gasteiger partial charge in [-0.1, -0.05) is 47.5 Å². The van der Waals surface area contributed by atoms with Gasteiger partial charge in [-0.25, -0.2) is 45.6 Å². The van der Waals surface area contributed by atoms with E-state index in [1.54, 1.807) is 36.7 Å². The zero-order valence-corrected chi connectivity index (χ0v) is 55.3. The van der Waals surface area contributed by atoms with E-state index in [9.17, 15) is 40.8 Å². The van der Waals surface area contributed by atoms with Crippen LogP contribution in [0.2, 0.25) is 0 Å². The van der Waals surface area contributed by atoms with Crippen LogP contribution >= 0.6 is 23.5 Å². The van der Waals surface area contributed by atoms with E-state index >= 15 is 0 Å². The lowest BCUT2D eigenvalue weighted by Crippen LogP contribution is -2.36. The Morgan fingerprint density at radius 2 is 1.17 bits per heavy atom. The number of primary sulfonamides is 1. The fourth-order valence-electron chi connectivity index (χ4n) is 14.2. The number of thioether (sulfide) groups is 2. The molecule has 2 aromatic heterocycles. The molecule has 9 N–H and O–H groups in total. The second kappa shape index (κ2) is 29.3. The number of anilines is 1. The minimum Gasteiger partial charge on any atom is -0.387 e. The quantitative estimate of drug-likeness (QED) is 0.0222. The smallest absolute Gasteiger partial charge is 0.333 e. The number of aromatic nitrogens is 6. The van der Waals surface area contributed by atoms with Crippen molar-refractivity contribution in [2.24, 2.45) is 11.1 Å². The van der Waals surface area contributed by atoms with Crippen molar-refractivity contribution in [2.45, 2.75) is 186 Å². The SMILES string of the molecule is N#COc1c2c(cc3c1CCC3)CCC2.NS(=O)(=O)c1cccc(-n2cc(CNC(=O)CCCC[C@@H]3SC[C@@H]4NC(=O)N[C@@H]43)nn2)c1.O=C(CCCC[C@@H]1SC[C@@H]2NC(=O)C[C@@H]21)NCc1cn(-c2cccc(S(=O)(=O)NC(=O)Nc3c4c(cc5c3CCC5)CCC4)c2)nn1. The van der Waals surface area contributed by atoms with Crippen LogP contribution in [0.1, 0.15) is 139 Å². The molecule has 8 aliphatic rings. The van der Waals surface area contributed by atoms with Crippen LogP contribution in [0.4, 0.5) is 15.3 Å². The highest BCUT2D eigenvalue weighted by molar-refractivity contribution is 8.00. The van der Waals surface area contributed by atoms with Crippen LogP contribution in [0, 0.1) is 17.4 Å². The second-order valence-electron chi connectivity index (χ2n) is 25.1. The van der Waals surface area contributed by atoms with Crippen molar-refractivity contribution < 1.29 is 45.5 Å². The van der Waals surface area contributed by atoms with Crippen molar-refractivity contribution in [1.29, 1.82) is 5.26 Å². The van der Waals surface area contributed by atoms with Crippen LogP contribution in [0.25, 0.3) is 11.4 Å². The first-order valence-electron chi connectivity index (χ1n) is 32.3. The molecular formula is C65H77N15O10S4. The number of rotatable bonds is 21. The molecule has 7 amide bonds. The molecule has 6 heterocycles. The summed E-state index contributed by atoms with van der Waals surface area (Å²) in [5.74, 6) is 3.25. The standard InChI is InChI=1S/C33H39N7O5S2.C19H25N7O4S2.C13H13NO/c41-30(13-2-1-12-29-27-16-31(42)35-28(27)19-46-29)34-17-22-18-40(39-37-22)23-8-5-9-24(15-23)47(44,45)38-33(43)36-32-25-10-3-6-20(25)14-21-7-4-11-26(21)32;20-32(29,30)14-5-3-4-13(8-14)26-10-12(24-25-26)9-21-17(27)7-2-1-6-16-18-15(11-31-16)22-19(28)23-18;14-8-15-13-11-5-1-3-9(11)7-10-4-2-6-12(10)13/h5,8-9,14-15,18,27-29H,1-4,6-7,10-13,16-17,19H2,(H,34,41)(H,35,42)(H2,36,38,43);3-5,8,10,15-16,18H,1-2,6-7,9,11H2,(H,21,27)(H2,20,29,30)(H2,22,23,28);7H,1-6H2/t27-,28-,29-;15-,16-,18-;/m00./s1. The summed E-state index contributed by atoms with van der Waals surface area (Å²) >= 11 is 3.80. The van der Waals surface area contributed by atoms with Gasteiger partial charge in [0.25, 0.3) is 16.3 Å². The summed E-state index contributed by atoms with van der Waals surface area (Å²) in [5.41, 5.74) is 13.0. The maximum atomic E-state index is 13.2. The molecule has 4 aromatic carbocycles. The molecular weight excluding hydrogens is 1280 g/mol.